The number of benzene rings is 1. The molecule has 1 aromatic heterocycles. The second kappa shape index (κ2) is 7.25. The van der Waals surface area contributed by atoms with Gasteiger partial charge in [0.1, 0.15) is 16.9 Å². The Labute approximate surface area is 145 Å². The number of amides is 1. The van der Waals surface area contributed by atoms with E-state index in [4.69, 9.17) is 5.11 Å². The average molecular weight is 399 g/mol. The van der Waals surface area contributed by atoms with Gasteiger partial charge in [0.05, 0.1) is 13.0 Å². The van der Waals surface area contributed by atoms with E-state index < -0.39 is 64.7 Å². The lowest BCUT2D eigenvalue weighted by atomic mass is 10.1. The summed E-state index contributed by atoms with van der Waals surface area (Å²) in [4.78, 5) is 22.6. The number of aromatic nitrogens is 2. The van der Waals surface area contributed by atoms with Crippen LogP contribution < -0.4 is 5.32 Å². The number of carbonyl (C=O) groups is 2. The summed E-state index contributed by atoms with van der Waals surface area (Å²) in [5.41, 5.74) is -4.99. The number of aliphatic carboxylic acids is 1. The lowest BCUT2D eigenvalue weighted by Crippen LogP contribution is -2.22. The van der Waals surface area contributed by atoms with Crippen LogP contribution in [0.4, 0.5) is 36.4 Å². The maximum Gasteiger partial charge on any atom is 0.422 e. The molecule has 0 aliphatic heterocycles. The topological polar surface area (TPSA) is 84.2 Å². The third-order valence-corrected chi connectivity index (χ3v) is 3.27. The van der Waals surface area contributed by atoms with E-state index in [1.807, 2.05) is 0 Å². The molecule has 0 unspecified atom stereocenters. The number of hydrogen-bond acceptors (Lipinski definition) is 3. The van der Waals surface area contributed by atoms with Crippen LogP contribution in [-0.2, 0) is 17.5 Å². The maximum atomic E-state index is 13.8. The number of nitrogens with zero attached hydrogens (tertiary/aromatic N) is 2. The van der Waals surface area contributed by atoms with Crippen molar-refractivity contribution in [2.45, 2.75) is 19.1 Å². The van der Waals surface area contributed by atoms with Crippen molar-refractivity contribution in [3.05, 3.63) is 46.8 Å². The molecule has 0 aliphatic rings. The lowest BCUT2D eigenvalue weighted by molar-refractivity contribution is -0.143. The molecule has 0 saturated carbocycles. The Hall–Kier alpha value is -3.12. The van der Waals surface area contributed by atoms with E-state index in [9.17, 15) is 40.3 Å². The number of rotatable bonds is 5. The molecule has 13 heteroatoms. The van der Waals surface area contributed by atoms with Crippen LogP contribution in [0.25, 0.3) is 0 Å². The van der Waals surface area contributed by atoms with Crippen LogP contribution in [0.1, 0.15) is 22.5 Å². The zero-order valence-corrected chi connectivity index (χ0v) is 12.9. The highest BCUT2D eigenvalue weighted by Crippen LogP contribution is 2.38. The van der Waals surface area contributed by atoms with Gasteiger partial charge in [0.15, 0.2) is 23.3 Å². The van der Waals surface area contributed by atoms with Crippen LogP contribution in [0.3, 0.4) is 0 Å². The van der Waals surface area contributed by atoms with E-state index in [-0.39, 0.29) is 6.54 Å². The molecule has 0 atom stereocenters. The first-order chi connectivity index (χ1) is 12.4. The minimum absolute atomic E-state index is 0.328. The van der Waals surface area contributed by atoms with Crippen LogP contribution >= 0.6 is 0 Å². The van der Waals surface area contributed by atoms with Gasteiger partial charge >= 0.3 is 12.1 Å². The molecule has 1 heterocycles. The zero-order valence-electron chi connectivity index (χ0n) is 12.9. The fraction of sp³-hybridized carbons (Fsp3) is 0.214. The van der Waals surface area contributed by atoms with Crippen LogP contribution in [0.15, 0.2) is 12.3 Å². The quantitative estimate of drug-likeness (QED) is 0.598. The van der Waals surface area contributed by atoms with Gasteiger partial charge in [-0.15, -0.1) is 0 Å². The van der Waals surface area contributed by atoms with Gasteiger partial charge < -0.3 is 10.4 Å². The summed E-state index contributed by atoms with van der Waals surface area (Å²) in [5.74, 6) is -13.0. The monoisotopic (exact) mass is 399 g/mol. The molecule has 0 aliphatic carbocycles. The average Bonchev–Trinajstić information content (AvgIpc) is 3.02. The Bertz CT molecular complexity index is 879. The molecule has 6 nitrogen and oxygen atoms in total. The predicted octanol–water partition coefficient (Wildman–Crippen LogP) is 3.19. The number of carboxylic acid groups (broad SMARTS) is 1. The Morgan fingerprint density at radius 1 is 1.07 bits per heavy atom. The summed E-state index contributed by atoms with van der Waals surface area (Å²) < 4.78 is 93.1. The van der Waals surface area contributed by atoms with Crippen molar-refractivity contribution in [3.63, 3.8) is 0 Å². The first-order valence-electron chi connectivity index (χ1n) is 6.93. The summed E-state index contributed by atoms with van der Waals surface area (Å²) >= 11 is 0. The molecule has 2 aromatic rings. The smallest absolute Gasteiger partial charge is 0.422 e. The molecule has 1 aromatic carbocycles. The SMILES string of the molecule is O=C(O)CCn1nccc1C(=O)Nc1c(F)c(F)c(C(F)(F)F)c(F)c1F. The second-order valence-corrected chi connectivity index (χ2v) is 5.04. The fourth-order valence-corrected chi connectivity index (χ4v) is 2.07. The van der Waals surface area contributed by atoms with Crippen molar-refractivity contribution in [3.8, 4) is 0 Å². The molecule has 2 rings (SSSR count). The number of halogens is 7. The molecule has 0 spiro atoms. The van der Waals surface area contributed by atoms with Gasteiger partial charge in [-0.1, -0.05) is 0 Å². The molecule has 0 radical (unpaired) electrons. The highest BCUT2D eigenvalue weighted by atomic mass is 19.4. The number of carboxylic acids is 1. The molecule has 0 saturated heterocycles. The molecular weight excluding hydrogens is 391 g/mol. The number of nitrogens with one attached hydrogen (secondary N) is 1. The van der Waals surface area contributed by atoms with E-state index in [1.165, 1.54) is 5.32 Å². The van der Waals surface area contributed by atoms with E-state index in [1.54, 1.807) is 0 Å². The van der Waals surface area contributed by atoms with Gasteiger partial charge in [-0.3, -0.25) is 14.3 Å². The molecule has 1 amide bonds. The van der Waals surface area contributed by atoms with Gasteiger partial charge in [0.25, 0.3) is 5.91 Å². The Morgan fingerprint density at radius 3 is 2.11 bits per heavy atom. The minimum Gasteiger partial charge on any atom is -0.481 e. The zero-order chi connectivity index (χ0) is 20.5. The van der Waals surface area contributed by atoms with Gasteiger partial charge in [-0.2, -0.15) is 18.3 Å². The largest absolute Gasteiger partial charge is 0.481 e. The summed E-state index contributed by atoms with van der Waals surface area (Å²) in [5, 5.41) is 13.6. The van der Waals surface area contributed by atoms with E-state index in [0.29, 0.717) is 0 Å². The maximum absolute atomic E-state index is 13.8. The van der Waals surface area contributed by atoms with Crippen molar-refractivity contribution in [1.29, 1.82) is 0 Å². The lowest BCUT2D eigenvalue weighted by Gasteiger charge is -2.15. The third kappa shape index (κ3) is 4.01. The first-order valence-corrected chi connectivity index (χ1v) is 6.93. The van der Waals surface area contributed by atoms with E-state index in [0.717, 1.165) is 16.9 Å². The van der Waals surface area contributed by atoms with Gasteiger partial charge in [0.2, 0.25) is 0 Å². The second-order valence-electron chi connectivity index (χ2n) is 5.04. The number of alkyl halides is 3. The van der Waals surface area contributed by atoms with Crippen molar-refractivity contribution < 1.29 is 45.4 Å². The molecule has 2 N–H and O–H groups in total. The van der Waals surface area contributed by atoms with Crippen molar-refractivity contribution in [1.82, 2.24) is 9.78 Å². The number of carbonyl (C=O) groups excluding carboxylic acids is 1. The summed E-state index contributed by atoms with van der Waals surface area (Å²) in [6, 6.07) is 0.990. The Balaban J connectivity index is 2.40. The summed E-state index contributed by atoms with van der Waals surface area (Å²) in [7, 11) is 0. The Kier molecular flexibility index (Phi) is 5.42. The highest BCUT2D eigenvalue weighted by molar-refractivity contribution is 6.03. The summed E-state index contributed by atoms with van der Waals surface area (Å²) in [6.07, 6.45) is -5.17. The van der Waals surface area contributed by atoms with E-state index >= 15 is 0 Å². The normalized spacial score (nSPS) is 11.5. The minimum atomic E-state index is -5.71. The van der Waals surface area contributed by atoms with Crippen LogP contribution in [-0.4, -0.2) is 26.8 Å². The first kappa shape index (κ1) is 20.2. The third-order valence-electron chi connectivity index (χ3n) is 3.27. The van der Waals surface area contributed by atoms with Gasteiger partial charge in [-0.05, 0) is 6.07 Å². The van der Waals surface area contributed by atoms with Crippen molar-refractivity contribution in [2.24, 2.45) is 0 Å². The van der Waals surface area contributed by atoms with Gasteiger partial charge in [-0.25, -0.2) is 17.6 Å². The fourth-order valence-electron chi connectivity index (χ4n) is 2.07. The Morgan fingerprint density at radius 2 is 1.63 bits per heavy atom. The molecule has 0 bridgehead atoms. The highest BCUT2D eigenvalue weighted by Gasteiger charge is 2.42. The molecule has 0 fully saturated rings. The predicted molar refractivity (Wildman–Crippen MR) is 73.7 cm³/mol. The van der Waals surface area contributed by atoms with Crippen molar-refractivity contribution >= 4 is 17.6 Å². The van der Waals surface area contributed by atoms with Crippen molar-refractivity contribution in [2.75, 3.05) is 5.32 Å². The standard InChI is InChI=1S/C14H8F7N3O3/c15-8-7(14(19,20)21)9(16)11(18)12(10(8)17)23-13(27)5-1-3-22-24(5)4-2-6(25)26/h1,3H,2,4H2,(H,23,27)(H,25,26). The molecule has 146 valence electrons. The number of aryl methyl sites for hydroxylation is 1. The number of anilines is 1. The van der Waals surface area contributed by atoms with Crippen LogP contribution in [0.2, 0.25) is 0 Å². The van der Waals surface area contributed by atoms with Crippen LogP contribution in [0.5, 0.6) is 0 Å². The number of hydrogen-bond donors (Lipinski definition) is 2. The van der Waals surface area contributed by atoms with E-state index in [2.05, 4.69) is 5.10 Å². The molecular formula is C14H8F7N3O3. The van der Waals surface area contributed by atoms with Crippen LogP contribution in [0, 0.1) is 23.3 Å². The molecule has 27 heavy (non-hydrogen) atoms. The van der Waals surface area contributed by atoms with Gasteiger partial charge in [0, 0.05) is 6.20 Å². The summed E-state index contributed by atoms with van der Waals surface area (Å²) in [6.45, 7) is -0.328.